The lowest BCUT2D eigenvalue weighted by Gasteiger charge is -2.17. The molecule has 48 heavy (non-hydrogen) atoms. The zero-order valence-corrected chi connectivity index (χ0v) is 29.0. The van der Waals surface area contributed by atoms with E-state index in [0.29, 0.717) is 88.6 Å². The van der Waals surface area contributed by atoms with Gasteiger partial charge in [-0.05, 0) is 11.8 Å². The highest BCUT2D eigenvalue weighted by molar-refractivity contribution is 6.39. The van der Waals surface area contributed by atoms with Gasteiger partial charge in [0.25, 0.3) is 0 Å². The van der Waals surface area contributed by atoms with Crippen molar-refractivity contribution < 1.29 is 19.7 Å². The maximum atomic E-state index is 10.2. The van der Waals surface area contributed by atoms with Crippen molar-refractivity contribution in [2.24, 2.45) is 11.8 Å². The smallest absolute Gasteiger partial charge is 0.237 e. The lowest BCUT2D eigenvalue weighted by Crippen LogP contribution is -2.33. The molecule has 0 bridgehead atoms. The van der Waals surface area contributed by atoms with Crippen molar-refractivity contribution in [3.8, 4) is 45.4 Å². The van der Waals surface area contributed by atoms with Gasteiger partial charge < -0.3 is 19.7 Å². The molecule has 0 saturated carbocycles. The van der Waals surface area contributed by atoms with Crippen LogP contribution in [-0.2, 0) is 13.1 Å². The standard InChI is InChI=1S/C35H41Cl2N7O4/c1-20-14-43(17-30(20)45)16-29-35(48-4)42-27(13-40-29)25-10-6-8-23(33(25)37)22-7-5-9-24(32(22)36)26-12-39-28(34(41-26)47-3)11-38-19-44-15-21(2)31(46)18-44/h5-10,12-13,20-21,30-31,38,45-46H,11,14-19H2,1-4H3/t20-,21-,30-,31-/m0/s1. The van der Waals surface area contributed by atoms with Crippen LogP contribution in [0.5, 0.6) is 11.8 Å². The molecule has 0 radical (unpaired) electrons. The average Bonchev–Trinajstić information content (AvgIpc) is 3.58. The van der Waals surface area contributed by atoms with Gasteiger partial charge in [0, 0.05) is 68.2 Å². The minimum Gasteiger partial charge on any atom is -0.480 e. The Morgan fingerprint density at radius 3 is 1.71 bits per heavy atom. The van der Waals surface area contributed by atoms with Crippen LogP contribution in [0.15, 0.2) is 48.8 Å². The van der Waals surface area contributed by atoms with E-state index in [9.17, 15) is 10.2 Å². The summed E-state index contributed by atoms with van der Waals surface area (Å²) in [7, 11) is 3.14. The van der Waals surface area contributed by atoms with Crippen molar-refractivity contribution in [1.82, 2.24) is 35.1 Å². The minimum absolute atomic E-state index is 0.205. The van der Waals surface area contributed by atoms with Crippen LogP contribution < -0.4 is 14.8 Å². The number of aliphatic hydroxyl groups is 2. The molecule has 4 aromatic rings. The molecule has 6 rings (SSSR count). The number of likely N-dealkylation sites (tertiary alicyclic amines) is 2. The van der Waals surface area contributed by atoms with Gasteiger partial charge in [0.1, 0.15) is 11.4 Å². The SMILES string of the molecule is COc1nc(-c2cccc(-c3cccc(-c4cnc(CN5C[C@H](C)[C@@H](O)C5)c(OC)n4)c3Cl)c2Cl)cnc1CNCN1C[C@H](C)[C@@H](O)C1. The number of hydrogen-bond donors (Lipinski definition) is 3. The largest absolute Gasteiger partial charge is 0.480 e. The Labute approximate surface area is 290 Å². The predicted molar refractivity (Wildman–Crippen MR) is 186 cm³/mol. The first-order valence-corrected chi connectivity index (χ1v) is 16.8. The molecule has 0 amide bonds. The van der Waals surface area contributed by atoms with Gasteiger partial charge in [-0.1, -0.05) is 73.4 Å². The van der Waals surface area contributed by atoms with Crippen LogP contribution in [-0.4, -0.2) is 99.2 Å². The summed E-state index contributed by atoms with van der Waals surface area (Å²) in [5, 5.41) is 24.5. The van der Waals surface area contributed by atoms with Crippen LogP contribution >= 0.6 is 23.2 Å². The van der Waals surface area contributed by atoms with Gasteiger partial charge in [-0.15, -0.1) is 0 Å². The Balaban J connectivity index is 1.23. The third-order valence-corrected chi connectivity index (χ3v) is 9.96. The topological polar surface area (TPSA) is 129 Å². The summed E-state index contributed by atoms with van der Waals surface area (Å²) in [5.74, 6) is 1.28. The number of methoxy groups -OCH3 is 2. The van der Waals surface area contributed by atoms with Crippen molar-refractivity contribution in [3.63, 3.8) is 0 Å². The first-order chi connectivity index (χ1) is 23.2. The second kappa shape index (κ2) is 15.0. The monoisotopic (exact) mass is 693 g/mol. The van der Waals surface area contributed by atoms with E-state index in [2.05, 4.69) is 32.0 Å². The zero-order chi connectivity index (χ0) is 33.9. The highest BCUT2D eigenvalue weighted by Crippen LogP contribution is 2.42. The van der Waals surface area contributed by atoms with Crippen molar-refractivity contribution in [1.29, 1.82) is 0 Å². The van der Waals surface area contributed by atoms with E-state index < -0.39 is 0 Å². The van der Waals surface area contributed by atoms with Gasteiger partial charge in [-0.2, -0.15) is 0 Å². The van der Waals surface area contributed by atoms with Crippen molar-refractivity contribution >= 4 is 23.2 Å². The molecule has 254 valence electrons. The Hall–Kier alpha value is -3.42. The number of aliphatic hydroxyl groups excluding tert-OH is 2. The molecule has 0 spiro atoms. The molecule has 2 fully saturated rings. The number of hydrogen-bond acceptors (Lipinski definition) is 11. The molecule has 3 N–H and O–H groups in total. The van der Waals surface area contributed by atoms with E-state index in [4.69, 9.17) is 42.6 Å². The van der Waals surface area contributed by atoms with Crippen molar-refractivity contribution in [2.45, 2.75) is 39.1 Å². The van der Waals surface area contributed by atoms with Gasteiger partial charge in [-0.25, -0.2) is 9.97 Å². The quantitative estimate of drug-likeness (QED) is 0.201. The Morgan fingerprint density at radius 1 is 0.729 bits per heavy atom. The molecule has 0 aliphatic carbocycles. The molecule has 2 saturated heterocycles. The molecule has 4 atom stereocenters. The highest BCUT2D eigenvalue weighted by Gasteiger charge is 2.29. The van der Waals surface area contributed by atoms with E-state index in [-0.39, 0.29) is 24.0 Å². The summed E-state index contributed by atoms with van der Waals surface area (Å²) in [6.45, 7) is 8.58. The normalized spacial score (nSPS) is 21.6. The van der Waals surface area contributed by atoms with Gasteiger partial charge in [0.05, 0.1) is 60.3 Å². The number of rotatable bonds is 11. The summed E-state index contributed by atoms with van der Waals surface area (Å²) >= 11 is 14.1. The number of aromatic nitrogens is 4. The molecule has 2 aliphatic heterocycles. The molecule has 13 heteroatoms. The number of nitrogens with one attached hydrogen (secondary N) is 1. The number of ether oxygens (including phenoxy) is 2. The summed E-state index contributed by atoms with van der Waals surface area (Å²) in [5.41, 5.74) is 5.35. The first-order valence-electron chi connectivity index (χ1n) is 16.1. The maximum absolute atomic E-state index is 10.2. The molecule has 2 aromatic carbocycles. The van der Waals surface area contributed by atoms with E-state index in [0.717, 1.165) is 24.2 Å². The van der Waals surface area contributed by atoms with Gasteiger partial charge in [-0.3, -0.25) is 25.1 Å². The number of β-amino-alcohol motifs (C(OH)–C–C–N with tert-alkyl or cyclic N) is 2. The first kappa shape index (κ1) is 34.4. The minimum atomic E-state index is -0.350. The van der Waals surface area contributed by atoms with Crippen LogP contribution in [0.2, 0.25) is 10.0 Å². The van der Waals surface area contributed by atoms with Gasteiger partial charge in [0.15, 0.2) is 0 Å². The fourth-order valence-electron chi connectivity index (χ4n) is 6.38. The third kappa shape index (κ3) is 7.28. The number of benzene rings is 2. The van der Waals surface area contributed by atoms with E-state index in [1.54, 1.807) is 26.6 Å². The maximum Gasteiger partial charge on any atom is 0.237 e. The molecule has 4 heterocycles. The molecule has 2 aliphatic rings. The van der Waals surface area contributed by atoms with Crippen molar-refractivity contribution in [2.75, 3.05) is 47.1 Å². The lowest BCUT2D eigenvalue weighted by atomic mass is 9.98. The van der Waals surface area contributed by atoms with E-state index >= 15 is 0 Å². The summed E-state index contributed by atoms with van der Waals surface area (Å²) in [6, 6.07) is 11.4. The summed E-state index contributed by atoms with van der Waals surface area (Å²) in [6.07, 6.45) is 2.74. The average molecular weight is 695 g/mol. The Bertz CT molecular complexity index is 1740. The van der Waals surface area contributed by atoms with Crippen LogP contribution in [0.25, 0.3) is 33.6 Å². The molecule has 2 aromatic heterocycles. The zero-order valence-electron chi connectivity index (χ0n) is 27.5. The van der Waals surface area contributed by atoms with Crippen LogP contribution in [0, 0.1) is 11.8 Å². The molecule has 0 unspecified atom stereocenters. The lowest BCUT2D eigenvalue weighted by molar-refractivity contribution is 0.147. The van der Waals surface area contributed by atoms with Crippen molar-refractivity contribution in [3.05, 3.63) is 70.2 Å². The second-order valence-corrected chi connectivity index (χ2v) is 13.4. The van der Waals surface area contributed by atoms with Crippen LogP contribution in [0.1, 0.15) is 25.2 Å². The van der Waals surface area contributed by atoms with Gasteiger partial charge >= 0.3 is 0 Å². The number of nitrogens with zero attached hydrogens (tertiary/aromatic N) is 6. The highest BCUT2D eigenvalue weighted by atomic mass is 35.5. The van der Waals surface area contributed by atoms with Crippen LogP contribution in [0.4, 0.5) is 0 Å². The third-order valence-electron chi connectivity index (χ3n) is 9.15. The Morgan fingerprint density at radius 2 is 1.21 bits per heavy atom. The summed E-state index contributed by atoms with van der Waals surface area (Å²) < 4.78 is 11.2. The molecular weight excluding hydrogens is 653 g/mol. The summed E-state index contributed by atoms with van der Waals surface area (Å²) in [4.78, 5) is 23.2. The predicted octanol–water partition coefficient (Wildman–Crippen LogP) is 4.76. The number of halogens is 2. The van der Waals surface area contributed by atoms with E-state index in [1.165, 1.54) is 0 Å². The van der Waals surface area contributed by atoms with Gasteiger partial charge in [0.2, 0.25) is 11.8 Å². The fourth-order valence-corrected chi connectivity index (χ4v) is 7.03. The van der Waals surface area contributed by atoms with Crippen LogP contribution in [0.3, 0.4) is 0 Å². The molecular formula is C35H41Cl2N7O4. The fraction of sp³-hybridized carbons (Fsp3) is 0.429. The second-order valence-electron chi connectivity index (χ2n) is 12.7. The van der Waals surface area contributed by atoms with E-state index in [1.807, 2.05) is 43.3 Å². The molecule has 11 nitrogen and oxygen atoms in total. The Kier molecular flexibility index (Phi) is 10.8.